The number of ether oxygens (including phenoxy) is 1. The van der Waals surface area contributed by atoms with Gasteiger partial charge in [-0.05, 0) is 47.7 Å². The highest BCUT2D eigenvalue weighted by molar-refractivity contribution is 6.30. The molecule has 0 atom stereocenters. The highest BCUT2D eigenvalue weighted by atomic mass is 35.5. The number of carbonyl (C=O) groups is 1. The van der Waals surface area contributed by atoms with Gasteiger partial charge in [-0.1, -0.05) is 49.7 Å². The standard InChI is InChI=1S/C19H21ClN2O2/c1-13(2)16-7-4-14(3)18(10-16)24-12-19(23)22-21-11-15-5-8-17(20)9-6-15/h4-11,13H,12H2,1-3H3,(H,22,23)/b21-11+. The summed E-state index contributed by atoms with van der Waals surface area (Å²) in [5, 5.41) is 4.56. The molecule has 0 aromatic heterocycles. The molecule has 0 saturated heterocycles. The molecule has 2 rings (SSSR count). The summed E-state index contributed by atoms with van der Waals surface area (Å²) in [7, 11) is 0. The van der Waals surface area contributed by atoms with Crippen LogP contribution in [0.25, 0.3) is 0 Å². The number of hydrogen-bond acceptors (Lipinski definition) is 3. The van der Waals surface area contributed by atoms with E-state index < -0.39 is 0 Å². The van der Waals surface area contributed by atoms with Crippen LogP contribution < -0.4 is 10.2 Å². The fourth-order valence-electron chi connectivity index (χ4n) is 2.03. The summed E-state index contributed by atoms with van der Waals surface area (Å²) in [6.07, 6.45) is 1.55. The summed E-state index contributed by atoms with van der Waals surface area (Å²) in [5.41, 5.74) is 5.47. The fraction of sp³-hybridized carbons (Fsp3) is 0.263. The van der Waals surface area contributed by atoms with Crippen molar-refractivity contribution >= 4 is 23.7 Å². The van der Waals surface area contributed by atoms with Crippen LogP contribution >= 0.6 is 11.6 Å². The third kappa shape index (κ3) is 5.39. The normalized spacial score (nSPS) is 11.0. The molecule has 0 radical (unpaired) electrons. The maximum Gasteiger partial charge on any atom is 0.277 e. The van der Waals surface area contributed by atoms with E-state index in [2.05, 4.69) is 30.4 Å². The van der Waals surface area contributed by atoms with Gasteiger partial charge in [-0.15, -0.1) is 0 Å². The molecule has 1 amide bonds. The summed E-state index contributed by atoms with van der Waals surface area (Å²) >= 11 is 5.81. The van der Waals surface area contributed by atoms with E-state index >= 15 is 0 Å². The maximum absolute atomic E-state index is 11.8. The van der Waals surface area contributed by atoms with Crippen molar-refractivity contribution in [3.8, 4) is 5.75 Å². The van der Waals surface area contributed by atoms with Crippen molar-refractivity contribution < 1.29 is 9.53 Å². The highest BCUT2D eigenvalue weighted by Crippen LogP contribution is 2.24. The van der Waals surface area contributed by atoms with Crippen LogP contribution in [0.5, 0.6) is 5.75 Å². The van der Waals surface area contributed by atoms with Gasteiger partial charge in [0.05, 0.1) is 6.21 Å². The molecule has 126 valence electrons. The lowest BCUT2D eigenvalue weighted by Gasteiger charge is -2.12. The number of carbonyl (C=O) groups excluding carboxylic acids is 1. The summed E-state index contributed by atoms with van der Waals surface area (Å²) in [6.45, 7) is 6.11. The van der Waals surface area contributed by atoms with Crippen LogP contribution in [0.15, 0.2) is 47.6 Å². The first-order valence-corrected chi connectivity index (χ1v) is 8.14. The maximum atomic E-state index is 11.8. The number of nitrogens with zero attached hydrogens (tertiary/aromatic N) is 1. The summed E-state index contributed by atoms with van der Waals surface area (Å²) < 4.78 is 5.60. The van der Waals surface area contributed by atoms with E-state index in [1.165, 1.54) is 5.56 Å². The fourth-order valence-corrected chi connectivity index (χ4v) is 2.16. The molecule has 0 spiro atoms. The van der Waals surface area contributed by atoms with Crippen molar-refractivity contribution in [1.29, 1.82) is 0 Å². The van der Waals surface area contributed by atoms with Gasteiger partial charge in [-0.2, -0.15) is 5.10 Å². The summed E-state index contributed by atoms with van der Waals surface area (Å²) in [6, 6.07) is 13.2. The van der Waals surface area contributed by atoms with Gasteiger partial charge in [-0.3, -0.25) is 4.79 Å². The van der Waals surface area contributed by atoms with Crippen LogP contribution in [-0.4, -0.2) is 18.7 Å². The lowest BCUT2D eigenvalue weighted by atomic mass is 10.0. The van der Waals surface area contributed by atoms with Crippen molar-refractivity contribution in [1.82, 2.24) is 5.43 Å². The van der Waals surface area contributed by atoms with Crippen LogP contribution in [0.2, 0.25) is 5.02 Å². The van der Waals surface area contributed by atoms with Crippen LogP contribution in [0.1, 0.15) is 36.5 Å². The average molecular weight is 345 g/mol. The SMILES string of the molecule is Cc1ccc(C(C)C)cc1OCC(=O)N/N=C/c1ccc(Cl)cc1. The molecular weight excluding hydrogens is 324 g/mol. The van der Waals surface area contributed by atoms with Crippen molar-refractivity contribution in [2.45, 2.75) is 26.7 Å². The minimum Gasteiger partial charge on any atom is -0.483 e. The zero-order valence-corrected chi connectivity index (χ0v) is 14.8. The monoisotopic (exact) mass is 344 g/mol. The molecule has 5 heteroatoms. The lowest BCUT2D eigenvalue weighted by Crippen LogP contribution is -2.24. The highest BCUT2D eigenvalue weighted by Gasteiger charge is 2.07. The van der Waals surface area contributed by atoms with Crippen molar-refractivity contribution in [2.75, 3.05) is 6.61 Å². The van der Waals surface area contributed by atoms with Crippen LogP contribution in [0.3, 0.4) is 0 Å². The molecule has 1 N–H and O–H groups in total. The Morgan fingerprint density at radius 3 is 2.62 bits per heavy atom. The van der Waals surface area contributed by atoms with Crippen molar-refractivity contribution in [2.24, 2.45) is 5.10 Å². The first-order valence-electron chi connectivity index (χ1n) is 7.76. The third-order valence-electron chi connectivity index (χ3n) is 3.51. The third-order valence-corrected chi connectivity index (χ3v) is 3.76. The second kappa shape index (κ2) is 8.50. The summed E-state index contributed by atoms with van der Waals surface area (Å²) in [4.78, 5) is 11.8. The lowest BCUT2D eigenvalue weighted by molar-refractivity contribution is -0.123. The predicted octanol–water partition coefficient (Wildman–Crippen LogP) is 4.30. The Labute approximate surface area is 147 Å². The van der Waals surface area contributed by atoms with Crippen molar-refractivity contribution in [3.63, 3.8) is 0 Å². The second-order valence-corrected chi connectivity index (χ2v) is 6.25. The van der Waals surface area contributed by atoms with E-state index in [4.69, 9.17) is 16.3 Å². The molecule has 0 aliphatic carbocycles. The molecule has 2 aromatic carbocycles. The minimum atomic E-state index is -0.311. The number of amides is 1. The number of nitrogens with one attached hydrogen (secondary N) is 1. The molecule has 4 nitrogen and oxygen atoms in total. The summed E-state index contributed by atoms with van der Waals surface area (Å²) in [5.74, 6) is 0.818. The van der Waals surface area contributed by atoms with Gasteiger partial charge in [0, 0.05) is 5.02 Å². The number of rotatable bonds is 6. The van der Waals surface area contributed by atoms with Gasteiger partial charge in [0.25, 0.3) is 5.91 Å². The molecule has 2 aromatic rings. The number of hydrazone groups is 1. The largest absolute Gasteiger partial charge is 0.483 e. The quantitative estimate of drug-likeness (QED) is 0.627. The Balaban J connectivity index is 1.87. The Morgan fingerprint density at radius 1 is 1.25 bits per heavy atom. The van der Waals surface area contributed by atoms with E-state index in [-0.39, 0.29) is 12.5 Å². The van der Waals surface area contributed by atoms with E-state index in [9.17, 15) is 4.79 Å². The van der Waals surface area contributed by atoms with E-state index in [1.54, 1.807) is 18.3 Å². The number of benzene rings is 2. The van der Waals surface area contributed by atoms with Crippen molar-refractivity contribution in [3.05, 3.63) is 64.2 Å². The molecule has 0 heterocycles. The van der Waals surface area contributed by atoms with Gasteiger partial charge < -0.3 is 4.74 Å². The zero-order chi connectivity index (χ0) is 17.5. The molecule has 0 bridgehead atoms. The number of aryl methyl sites for hydroxylation is 1. The van der Waals surface area contributed by atoms with Gasteiger partial charge >= 0.3 is 0 Å². The van der Waals surface area contributed by atoms with E-state index in [0.29, 0.717) is 10.9 Å². The van der Waals surface area contributed by atoms with Crippen LogP contribution in [0, 0.1) is 6.92 Å². The molecule has 0 aliphatic rings. The van der Waals surface area contributed by atoms with Gasteiger partial charge in [0.2, 0.25) is 0 Å². The van der Waals surface area contributed by atoms with Crippen LogP contribution in [0.4, 0.5) is 0 Å². The van der Waals surface area contributed by atoms with Gasteiger partial charge in [-0.25, -0.2) is 5.43 Å². The second-order valence-electron chi connectivity index (χ2n) is 5.81. The average Bonchev–Trinajstić information content (AvgIpc) is 2.55. The molecular formula is C19H21ClN2O2. The Hall–Kier alpha value is -2.33. The first-order chi connectivity index (χ1) is 11.5. The Kier molecular flexibility index (Phi) is 6.38. The predicted molar refractivity (Wildman–Crippen MR) is 98.0 cm³/mol. The minimum absolute atomic E-state index is 0.0830. The Morgan fingerprint density at radius 2 is 1.96 bits per heavy atom. The van der Waals surface area contributed by atoms with Gasteiger partial charge in [0.1, 0.15) is 5.75 Å². The Bertz CT molecular complexity index is 725. The van der Waals surface area contributed by atoms with Crippen LogP contribution in [-0.2, 0) is 4.79 Å². The zero-order valence-electron chi connectivity index (χ0n) is 14.0. The van der Waals surface area contributed by atoms with E-state index in [0.717, 1.165) is 16.9 Å². The van der Waals surface area contributed by atoms with E-state index in [1.807, 2.05) is 31.2 Å². The smallest absolute Gasteiger partial charge is 0.277 e. The molecule has 0 unspecified atom stereocenters. The molecule has 0 saturated carbocycles. The number of halogens is 1. The van der Waals surface area contributed by atoms with Gasteiger partial charge in [0.15, 0.2) is 6.61 Å². The topological polar surface area (TPSA) is 50.7 Å². The number of hydrogen-bond donors (Lipinski definition) is 1. The first kappa shape index (κ1) is 18.0. The molecule has 0 fully saturated rings. The molecule has 0 aliphatic heterocycles. The molecule has 24 heavy (non-hydrogen) atoms.